The van der Waals surface area contributed by atoms with E-state index in [-0.39, 0.29) is 0 Å². The summed E-state index contributed by atoms with van der Waals surface area (Å²) in [6.07, 6.45) is 6.14. The molecule has 2 aliphatic rings. The normalized spacial score (nSPS) is 24.1. The molecule has 0 aliphatic carbocycles. The third kappa shape index (κ3) is 2.84. The van der Waals surface area contributed by atoms with Gasteiger partial charge in [0.1, 0.15) is 0 Å². The molecule has 0 bridgehead atoms. The van der Waals surface area contributed by atoms with E-state index < -0.39 is 0 Å². The first-order chi connectivity index (χ1) is 9.78. The van der Waals surface area contributed by atoms with Gasteiger partial charge in [-0.25, -0.2) is 0 Å². The zero-order valence-corrected chi connectivity index (χ0v) is 12.5. The maximum Gasteiger partial charge on any atom is 0.152 e. The predicted molar refractivity (Wildman–Crippen MR) is 82.9 cm³/mol. The lowest BCUT2D eigenvalue weighted by Gasteiger charge is -2.32. The lowest BCUT2D eigenvalue weighted by molar-refractivity contribution is 0.112. The molecule has 0 spiro atoms. The topological polar surface area (TPSA) is 23.6 Å². The molecule has 1 unspecified atom stereocenters. The van der Waals surface area contributed by atoms with Crippen molar-refractivity contribution in [3.05, 3.63) is 28.8 Å². The maximum atomic E-state index is 11.2. The van der Waals surface area contributed by atoms with Crippen molar-refractivity contribution in [3.63, 3.8) is 0 Å². The van der Waals surface area contributed by atoms with Gasteiger partial charge in [-0.1, -0.05) is 18.0 Å². The van der Waals surface area contributed by atoms with E-state index in [2.05, 4.69) is 9.80 Å². The molecule has 0 radical (unpaired) electrons. The number of halogens is 1. The number of rotatable bonds is 3. The zero-order chi connectivity index (χ0) is 13.9. The Kier molecular flexibility index (Phi) is 4.27. The summed E-state index contributed by atoms with van der Waals surface area (Å²) in [4.78, 5) is 16.1. The third-order valence-electron chi connectivity index (χ3n) is 4.53. The van der Waals surface area contributed by atoms with Crippen molar-refractivity contribution in [2.24, 2.45) is 0 Å². The summed E-state index contributed by atoms with van der Waals surface area (Å²) in [5.41, 5.74) is 1.74. The fourth-order valence-electron chi connectivity index (χ4n) is 3.43. The average molecular weight is 293 g/mol. The van der Waals surface area contributed by atoms with Gasteiger partial charge in [0.2, 0.25) is 0 Å². The molecule has 0 aromatic heterocycles. The number of nitrogens with zero attached hydrogens (tertiary/aromatic N) is 2. The van der Waals surface area contributed by atoms with Crippen LogP contribution < -0.4 is 4.90 Å². The molecule has 108 valence electrons. The smallest absolute Gasteiger partial charge is 0.152 e. The summed E-state index contributed by atoms with van der Waals surface area (Å²) in [7, 11) is 0. The Morgan fingerprint density at radius 3 is 2.70 bits per heavy atom. The van der Waals surface area contributed by atoms with Crippen molar-refractivity contribution in [2.45, 2.75) is 31.7 Å². The van der Waals surface area contributed by atoms with Crippen LogP contribution in [0.25, 0.3) is 0 Å². The van der Waals surface area contributed by atoms with Gasteiger partial charge in [-0.2, -0.15) is 0 Å². The molecule has 3 nitrogen and oxygen atoms in total. The Morgan fingerprint density at radius 1 is 1.15 bits per heavy atom. The number of likely N-dealkylation sites (tertiary alicyclic amines) is 1. The average Bonchev–Trinajstić information content (AvgIpc) is 2.98. The molecular formula is C16H21ClN2O. The second-order valence-corrected chi connectivity index (χ2v) is 6.24. The number of carbonyl (C=O) groups is 1. The van der Waals surface area contributed by atoms with Crippen molar-refractivity contribution >= 4 is 23.6 Å². The predicted octanol–water partition coefficient (Wildman–Crippen LogP) is 3.22. The van der Waals surface area contributed by atoms with E-state index in [0.717, 1.165) is 30.6 Å². The van der Waals surface area contributed by atoms with Crippen LogP contribution in [0, 0.1) is 0 Å². The molecule has 3 rings (SSSR count). The lowest BCUT2D eigenvalue weighted by atomic mass is 10.1. The molecule has 2 fully saturated rings. The van der Waals surface area contributed by atoms with Gasteiger partial charge in [-0.15, -0.1) is 0 Å². The number of anilines is 1. The van der Waals surface area contributed by atoms with Gasteiger partial charge in [-0.05, 0) is 50.6 Å². The van der Waals surface area contributed by atoms with Crippen LogP contribution >= 0.6 is 11.6 Å². The van der Waals surface area contributed by atoms with E-state index in [4.69, 9.17) is 11.6 Å². The quantitative estimate of drug-likeness (QED) is 0.799. The molecule has 20 heavy (non-hydrogen) atoms. The van der Waals surface area contributed by atoms with Crippen LogP contribution in [-0.2, 0) is 0 Å². The summed E-state index contributed by atoms with van der Waals surface area (Å²) in [5.74, 6) is 0. The monoisotopic (exact) mass is 292 g/mol. The number of hydrogen-bond acceptors (Lipinski definition) is 3. The Bertz CT molecular complexity index is 485. The third-order valence-corrected chi connectivity index (χ3v) is 4.77. The van der Waals surface area contributed by atoms with Crippen molar-refractivity contribution < 1.29 is 4.79 Å². The Morgan fingerprint density at radius 2 is 1.95 bits per heavy atom. The van der Waals surface area contributed by atoms with Gasteiger partial charge in [0.05, 0.1) is 0 Å². The SMILES string of the molecule is O=Cc1ccc(Cl)cc1N1CCC(N2CCCCC2)C1. The molecule has 1 aromatic carbocycles. The van der Waals surface area contributed by atoms with Gasteiger partial charge < -0.3 is 4.90 Å². The minimum absolute atomic E-state index is 0.633. The van der Waals surface area contributed by atoms with Crippen molar-refractivity contribution in [3.8, 4) is 0 Å². The molecular weight excluding hydrogens is 272 g/mol. The van der Waals surface area contributed by atoms with Gasteiger partial charge in [0.15, 0.2) is 6.29 Å². The number of aldehydes is 1. The Labute approximate surface area is 125 Å². The summed E-state index contributed by atoms with van der Waals surface area (Å²) in [5, 5.41) is 0.701. The largest absolute Gasteiger partial charge is 0.369 e. The highest BCUT2D eigenvalue weighted by atomic mass is 35.5. The van der Waals surface area contributed by atoms with Crippen LogP contribution in [0.2, 0.25) is 5.02 Å². The summed E-state index contributed by atoms with van der Waals surface area (Å²) in [6, 6.07) is 6.16. The molecule has 2 aliphatic heterocycles. The number of benzene rings is 1. The molecule has 1 atom stereocenters. The lowest BCUT2D eigenvalue weighted by Crippen LogP contribution is -2.40. The highest BCUT2D eigenvalue weighted by Gasteiger charge is 2.29. The summed E-state index contributed by atoms with van der Waals surface area (Å²) >= 11 is 6.08. The Hall–Kier alpha value is -1.06. The van der Waals surface area contributed by atoms with Crippen LogP contribution in [-0.4, -0.2) is 43.4 Å². The standard InChI is InChI=1S/C16H21ClN2O/c17-14-5-4-13(12-20)16(10-14)19-9-6-15(11-19)18-7-2-1-3-8-18/h4-5,10,12,15H,1-3,6-9,11H2. The summed E-state index contributed by atoms with van der Waals surface area (Å²) < 4.78 is 0. The molecule has 0 saturated carbocycles. The maximum absolute atomic E-state index is 11.2. The van der Waals surface area contributed by atoms with Crippen LogP contribution in [0.3, 0.4) is 0 Å². The first-order valence-electron chi connectivity index (χ1n) is 7.51. The zero-order valence-electron chi connectivity index (χ0n) is 11.7. The van der Waals surface area contributed by atoms with E-state index >= 15 is 0 Å². The van der Waals surface area contributed by atoms with E-state index in [1.165, 1.54) is 38.8 Å². The number of piperidine rings is 1. The van der Waals surface area contributed by atoms with E-state index in [1.807, 2.05) is 12.1 Å². The van der Waals surface area contributed by atoms with Gasteiger partial charge in [0.25, 0.3) is 0 Å². The van der Waals surface area contributed by atoms with Crippen molar-refractivity contribution in [1.82, 2.24) is 4.90 Å². The number of hydrogen-bond donors (Lipinski definition) is 0. The first-order valence-corrected chi connectivity index (χ1v) is 7.89. The van der Waals surface area contributed by atoms with Crippen molar-refractivity contribution in [1.29, 1.82) is 0 Å². The summed E-state index contributed by atoms with van der Waals surface area (Å²) in [6.45, 7) is 4.49. The second kappa shape index (κ2) is 6.15. The van der Waals surface area contributed by atoms with Gasteiger partial charge >= 0.3 is 0 Å². The van der Waals surface area contributed by atoms with Crippen LogP contribution in [0.5, 0.6) is 0 Å². The van der Waals surface area contributed by atoms with Gasteiger partial charge in [-0.3, -0.25) is 9.69 Å². The van der Waals surface area contributed by atoms with Crippen molar-refractivity contribution in [2.75, 3.05) is 31.1 Å². The van der Waals surface area contributed by atoms with Crippen LogP contribution in [0.1, 0.15) is 36.0 Å². The van der Waals surface area contributed by atoms with Gasteiger partial charge in [0, 0.05) is 35.4 Å². The minimum atomic E-state index is 0.633. The Balaban J connectivity index is 1.73. The fourth-order valence-corrected chi connectivity index (χ4v) is 3.60. The molecule has 2 heterocycles. The minimum Gasteiger partial charge on any atom is -0.369 e. The highest BCUT2D eigenvalue weighted by Crippen LogP contribution is 2.29. The van der Waals surface area contributed by atoms with E-state index in [0.29, 0.717) is 11.1 Å². The first kappa shape index (κ1) is 13.9. The van der Waals surface area contributed by atoms with Crippen LogP contribution in [0.4, 0.5) is 5.69 Å². The molecule has 0 N–H and O–H groups in total. The molecule has 0 amide bonds. The van der Waals surface area contributed by atoms with E-state index in [1.54, 1.807) is 6.07 Å². The molecule has 2 saturated heterocycles. The second-order valence-electron chi connectivity index (χ2n) is 5.81. The molecule has 1 aromatic rings. The fraction of sp³-hybridized carbons (Fsp3) is 0.562. The van der Waals surface area contributed by atoms with E-state index in [9.17, 15) is 4.79 Å². The number of carbonyl (C=O) groups excluding carboxylic acids is 1. The molecule has 4 heteroatoms. The van der Waals surface area contributed by atoms with Crippen LogP contribution in [0.15, 0.2) is 18.2 Å². The highest BCUT2D eigenvalue weighted by molar-refractivity contribution is 6.31.